The van der Waals surface area contributed by atoms with Gasteiger partial charge in [-0.05, 0) is 62.4 Å². The maximum absolute atomic E-state index is 12.4. The van der Waals surface area contributed by atoms with E-state index in [4.69, 9.17) is 59.1 Å². The van der Waals surface area contributed by atoms with Gasteiger partial charge in [-0.15, -0.1) is 0 Å². The number of aliphatic hydroxyl groups excluding tert-OH is 2. The zero-order chi connectivity index (χ0) is 42.7. The van der Waals surface area contributed by atoms with E-state index in [0.717, 1.165) is 0 Å². The molecule has 0 bridgehead atoms. The number of hydrogen-bond acceptors (Lipinski definition) is 10. The maximum atomic E-state index is 12.4. The highest BCUT2D eigenvalue weighted by atomic mass is 35.5. The van der Waals surface area contributed by atoms with Crippen LogP contribution in [0.5, 0.6) is 0 Å². The van der Waals surface area contributed by atoms with Crippen LogP contribution < -0.4 is 32.8 Å². The number of carbonyl (C=O) groups excluding carboxylic acids is 3. The largest absolute Gasteiger partial charge is 0.480 e. The Bertz CT molecular complexity index is 2230. The number of rotatable bonds is 10. The first-order valence-corrected chi connectivity index (χ1v) is 16.9. The highest BCUT2D eigenvalue weighted by Gasteiger charge is 2.25. The highest BCUT2D eigenvalue weighted by Crippen LogP contribution is 2.29. The van der Waals surface area contributed by atoms with Gasteiger partial charge in [0.2, 0.25) is 11.4 Å². The standard InChI is InChI=1S/C19H16ClN5O3.C11H11ClN2O3.C8H7N3O/c1-11(26)17(23-14-7-8-16(22-2)15(20)9-14)19(28)25-24-18(27)13-5-3-12(10-21)4-6-13;1-6(15)10(11(16)17)14-7-3-4-9(13-2)8(12)5-7;1-10-7-4-2-6(3-5-7)8(12)11-9/h3-9,11,17,23,26H,1H3,(H,24,27)(H,25,28);3-6,10,14-15H,1H3,(H,16,17);2-5H,9H2,(H,11,12)/t11-,17+;6-,10+;/m00./s1. The Morgan fingerprint density at radius 3 is 1.54 bits per heavy atom. The predicted molar refractivity (Wildman–Crippen MR) is 212 cm³/mol. The molecule has 3 amide bonds. The molecular formula is C38H34Cl2N10O7. The van der Waals surface area contributed by atoms with Crippen LogP contribution in [0.4, 0.5) is 28.4 Å². The van der Waals surface area contributed by atoms with Gasteiger partial charge in [-0.25, -0.2) is 25.2 Å². The normalized spacial score (nSPS) is 11.8. The minimum atomic E-state index is -1.16. The summed E-state index contributed by atoms with van der Waals surface area (Å²) in [5, 5.41) is 42.7. The number of benzene rings is 4. The Balaban J connectivity index is 0.000000327. The molecule has 57 heavy (non-hydrogen) atoms. The van der Waals surface area contributed by atoms with Crippen LogP contribution in [-0.4, -0.2) is 63.3 Å². The number of hydrogen-bond donors (Lipinski definition) is 9. The number of amides is 3. The number of nitrogen functional groups attached to an aromatic ring is 1. The number of nitriles is 1. The lowest BCUT2D eigenvalue weighted by molar-refractivity contribution is -0.140. The lowest BCUT2D eigenvalue weighted by atomic mass is 10.1. The molecule has 0 spiro atoms. The van der Waals surface area contributed by atoms with Crippen molar-refractivity contribution in [3.8, 4) is 6.07 Å². The summed E-state index contributed by atoms with van der Waals surface area (Å²) < 4.78 is 0. The Labute approximate surface area is 337 Å². The van der Waals surface area contributed by atoms with Crippen molar-refractivity contribution in [2.75, 3.05) is 10.6 Å². The maximum Gasteiger partial charge on any atom is 0.328 e. The summed E-state index contributed by atoms with van der Waals surface area (Å²) in [6.07, 6.45) is -2.14. The molecule has 0 fully saturated rings. The van der Waals surface area contributed by atoms with E-state index in [-0.39, 0.29) is 27.2 Å². The van der Waals surface area contributed by atoms with Crippen LogP contribution in [0, 0.1) is 31.0 Å². The van der Waals surface area contributed by atoms with Gasteiger partial charge >= 0.3 is 5.97 Å². The molecule has 17 nitrogen and oxygen atoms in total. The summed E-state index contributed by atoms with van der Waals surface area (Å²) in [7, 11) is 0. The molecule has 0 aliphatic carbocycles. The van der Waals surface area contributed by atoms with E-state index in [1.54, 1.807) is 30.3 Å². The molecule has 0 radical (unpaired) electrons. The minimum Gasteiger partial charge on any atom is -0.480 e. The number of carbonyl (C=O) groups is 4. The summed E-state index contributed by atoms with van der Waals surface area (Å²) in [5.41, 5.74) is 9.53. The number of nitrogens with two attached hydrogens (primary N) is 1. The summed E-state index contributed by atoms with van der Waals surface area (Å²) >= 11 is 11.8. The van der Waals surface area contributed by atoms with Crippen LogP contribution in [0.3, 0.4) is 0 Å². The third kappa shape index (κ3) is 14.5. The molecule has 4 aromatic rings. The fourth-order valence-electron chi connectivity index (χ4n) is 4.26. The molecule has 0 saturated heterocycles. The molecule has 0 saturated carbocycles. The van der Waals surface area contributed by atoms with Crippen LogP contribution in [0.25, 0.3) is 14.5 Å². The number of anilines is 2. The number of carboxylic acids is 1. The number of carboxylic acid groups (broad SMARTS) is 1. The van der Waals surface area contributed by atoms with Crippen molar-refractivity contribution in [2.24, 2.45) is 5.84 Å². The first-order chi connectivity index (χ1) is 27.1. The van der Waals surface area contributed by atoms with Crippen molar-refractivity contribution in [3.05, 3.63) is 146 Å². The van der Waals surface area contributed by atoms with Gasteiger partial charge < -0.3 is 26.0 Å². The number of hydrazine groups is 2. The molecule has 0 aliphatic heterocycles. The summed E-state index contributed by atoms with van der Waals surface area (Å²) in [6, 6.07) is 20.8. The van der Waals surface area contributed by atoms with Gasteiger partial charge in [-0.2, -0.15) is 5.26 Å². The number of nitrogens with zero attached hydrogens (tertiary/aromatic N) is 4. The van der Waals surface area contributed by atoms with Crippen molar-refractivity contribution < 1.29 is 34.5 Å². The lowest BCUT2D eigenvalue weighted by Gasteiger charge is -2.22. The molecule has 4 rings (SSSR count). The van der Waals surface area contributed by atoms with E-state index < -0.39 is 42.1 Å². The average molecular weight is 814 g/mol. The molecule has 10 N–H and O–H groups in total. The van der Waals surface area contributed by atoms with Gasteiger partial charge in [0.25, 0.3) is 17.7 Å². The van der Waals surface area contributed by atoms with Gasteiger partial charge in [0, 0.05) is 32.5 Å². The van der Waals surface area contributed by atoms with Gasteiger partial charge in [0.05, 0.1) is 43.6 Å². The highest BCUT2D eigenvalue weighted by molar-refractivity contribution is 6.34. The van der Waals surface area contributed by atoms with E-state index in [0.29, 0.717) is 33.9 Å². The van der Waals surface area contributed by atoms with Crippen molar-refractivity contribution in [3.63, 3.8) is 0 Å². The molecule has 292 valence electrons. The number of aliphatic hydroxyl groups is 2. The predicted octanol–water partition coefficient (Wildman–Crippen LogP) is 5.36. The van der Waals surface area contributed by atoms with E-state index in [2.05, 4.69) is 36.0 Å². The van der Waals surface area contributed by atoms with E-state index in [1.165, 1.54) is 68.4 Å². The monoisotopic (exact) mass is 812 g/mol. The first kappa shape index (κ1) is 45.9. The molecular weight excluding hydrogens is 779 g/mol. The van der Waals surface area contributed by atoms with Crippen LogP contribution in [0.1, 0.15) is 40.1 Å². The average Bonchev–Trinajstić information content (AvgIpc) is 3.20. The van der Waals surface area contributed by atoms with Crippen LogP contribution in [0.2, 0.25) is 10.0 Å². The lowest BCUT2D eigenvalue weighted by Crippen LogP contribution is -2.52. The molecule has 0 unspecified atom stereocenters. The summed E-state index contributed by atoms with van der Waals surface area (Å²) in [4.78, 5) is 55.8. The minimum absolute atomic E-state index is 0.207. The number of halogens is 2. The van der Waals surface area contributed by atoms with Crippen LogP contribution >= 0.6 is 23.2 Å². The SMILES string of the molecule is [C-]#[N+]c1ccc(C(=O)NN)cc1.[C-]#[N+]c1ccc(N[C@@H](C(=O)NNC(=O)c2ccc(C#N)cc2)[C@H](C)O)cc1Cl.[C-]#[N+]c1ccc(N[C@@H](C(=O)O)[C@H](C)O)cc1Cl. The molecule has 4 atom stereocenters. The van der Waals surface area contributed by atoms with Gasteiger partial charge in [0.15, 0.2) is 11.7 Å². The smallest absolute Gasteiger partial charge is 0.328 e. The third-order valence-corrected chi connectivity index (χ3v) is 7.86. The van der Waals surface area contributed by atoms with E-state index in [1.807, 2.05) is 11.5 Å². The van der Waals surface area contributed by atoms with Gasteiger partial charge in [0.1, 0.15) is 6.04 Å². The summed E-state index contributed by atoms with van der Waals surface area (Å²) in [5.74, 6) is 2.14. The third-order valence-electron chi connectivity index (χ3n) is 7.26. The zero-order valence-electron chi connectivity index (χ0n) is 30.0. The molecule has 4 aromatic carbocycles. The Morgan fingerprint density at radius 2 is 1.16 bits per heavy atom. The summed E-state index contributed by atoms with van der Waals surface area (Å²) in [6.45, 7) is 23.3. The first-order valence-electron chi connectivity index (χ1n) is 16.1. The molecule has 0 aromatic heterocycles. The van der Waals surface area contributed by atoms with Crippen LogP contribution in [0.15, 0.2) is 84.9 Å². The molecule has 0 heterocycles. The van der Waals surface area contributed by atoms with Gasteiger partial charge in [-0.1, -0.05) is 59.6 Å². The molecule has 0 aliphatic rings. The van der Waals surface area contributed by atoms with Crippen molar-refractivity contribution in [1.29, 1.82) is 5.26 Å². The van der Waals surface area contributed by atoms with Crippen molar-refractivity contribution in [2.45, 2.75) is 38.1 Å². The van der Waals surface area contributed by atoms with Crippen LogP contribution in [-0.2, 0) is 9.59 Å². The number of aliphatic carboxylic acids is 1. The Hall–Kier alpha value is -7.22. The Morgan fingerprint density at radius 1 is 0.702 bits per heavy atom. The fourth-order valence-corrected chi connectivity index (χ4v) is 4.71. The van der Waals surface area contributed by atoms with Gasteiger partial charge in [-0.3, -0.25) is 30.7 Å². The van der Waals surface area contributed by atoms with Crippen molar-refractivity contribution >= 4 is 75.3 Å². The second kappa shape index (κ2) is 22.9. The van der Waals surface area contributed by atoms with E-state index in [9.17, 15) is 29.4 Å². The topological polar surface area (TPSA) is 252 Å². The quantitative estimate of drug-likeness (QED) is 0.0426. The second-order valence-corrected chi connectivity index (χ2v) is 12.2. The number of nitrogens with one attached hydrogen (secondary N) is 5. The van der Waals surface area contributed by atoms with E-state index >= 15 is 0 Å². The zero-order valence-corrected chi connectivity index (χ0v) is 31.5. The molecule has 19 heteroatoms. The fraction of sp³-hybridized carbons (Fsp3) is 0.158. The second-order valence-electron chi connectivity index (χ2n) is 11.4. The Kier molecular flexibility index (Phi) is 18.4. The van der Waals surface area contributed by atoms with Crippen molar-refractivity contribution in [1.82, 2.24) is 16.3 Å².